The van der Waals surface area contributed by atoms with Gasteiger partial charge in [0, 0.05) is 6.54 Å². The number of aliphatic carboxylic acids is 1. The summed E-state index contributed by atoms with van der Waals surface area (Å²) in [5.74, 6) is -1.27. The molecule has 102 valence electrons. The van der Waals surface area contributed by atoms with Crippen molar-refractivity contribution in [2.45, 2.75) is 25.7 Å². The van der Waals surface area contributed by atoms with Crippen LogP contribution in [0.5, 0.6) is 5.75 Å². The number of rotatable bonds is 5. The van der Waals surface area contributed by atoms with Gasteiger partial charge >= 0.3 is 5.97 Å². The number of carboxylic acids is 1. The summed E-state index contributed by atoms with van der Waals surface area (Å²) < 4.78 is 0. The molecular formula is C14H17NO4. The van der Waals surface area contributed by atoms with E-state index in [0.29, 0.717) is 6.54 Å². The number of phenolic OH excluding ortho intramolecular Hbond substituents is 1. The molecule has 0 saturated heterocycles. The largest absolute Gasteiger partial charge is 0.507 e. The molecule has 2 rings (SSSR count). The fraction of sp³-hybridized carbons (Fsp3) is 0.429. The molecule has 0 atom stereocenters. The van der Waals surface area contributed by atoms with E-state index < -0.39 is 5.97 Å². The average Bonchev–Trinajstić information content (AvgIpc) is 2.32. The number of amides is 1. The minimum Gasteiger partial charge on any atom is -0.507 e. The Kier molecular flexibility index (Phi) is 3.74. The average molecular weight is 263 g/mol. The van der Waals surface area contributed by atoms with E-state index in [1.807, 2.05) is 0 Å². The van der Waals surface area contributed by atoms with Gasteiger partial charge in [0.05, 0.1) is 12.0 Å². The van der Waals surface area contributed by atoms with E-state index >= 15 is 0 Å². The van der Waals surface area contributed by atoms with Gasteiger partial charge < -0.3 is 15.5 Å². The van der Waals surface area contributed by atoms with Gasteiger partial charge in [0.25, 0.3) is 5.91 Å². The Labute approximate surface area is 111 Å². The summed E-state index contributed by atoms with van der Waals surface area (Å²) in [6, 6.07) is 6.30. The highest BCUT2D eigenvalue weighted by atomic mass is 16.4. The summed E-state index contributed by atoms with van der Waals surface area (Å²) in [6.45, 7) is 0.340. The Morgan fingerprint density at radius 1 is 1.26 bits per heavy atom. The Morgan fingerprint density at radius 3 is 2.47 bits per heavy atom. The molecule has 1 fully saturated rings. The van der Waals surface area contributed by atoms with E-state index in [9.17, 15) is 14.7 Å². The van der Waals surface area contributed by atoms with E-state index in [-0.39, 0.29) is 29.1 Å². The molecule has 1 aromatic rings. The van der Waals surface area contributed by atoms with Gasteiger partial charge in [-0.3, -0.25) is 9.59 Å². The zero-order valence-electron chi connectivity index (χ0n) is 10.6. The zero-order valence-corrected chi connectivity index (χ0v) is 10.6. The molecule has 1 saturated carbocycles. The van der Waals surface area contributed by atoms with Crippen molar-refractivity contribution >= 4 is 11.9 Å². The number of nitrogens with one attached hydrogen (secondary N) is 1. The van der Waals surface area contributed by atoms with Crippen LogP contribution < -0.4 is 5.32 Å². The van der Waals surface area contributed by atoms with Crippen molar-refractivity contribution in [2.75, 3.05) is 6.54 Å². The van der Waals surface area contributed by atoms with Gasteiger partial charge in [-0.25, -0.2) is 0 Å². The molecule has 1 aromatic carbocycles. The van der Waals surface area contributed by atoms with Crippen LogP contribution in [0, 0.1) is 5.41 Å². The van der Waals surface area contributed by atoms with Crippen molar-refractivity contribution in [2.24, 2.45) is 5.41 Å². The van der Waals surface area contributed by atoms with Crippen LogP contribution in [-0.4, -0.2) is 28.6 Å². The summed E-state index contributed by atoms with van der Waals surface area (Å²) in [7, 11) is 0. The lowest BCUT2D eigenvalue weighted by Crippen LogP contribution is -2.43. The lowest BCUT2D eigenvalue weighted by atomic mass is 9.66. The van der Waals surface area contributed by atoms with Crippen LogP contribution in [0.1, 0.15) is 36.0 Å². The van der Waals surface area contributed by atoms with Gasteiger partial charge in [-0.2, -0.15) is 0 Å². The minimum absolute atomic E-state index is 0.0686. The number of hydrogen-bond donors (Lipinski definition) is 3. The first-order valence-electron chi connectivity index (χ1n) is 6.30. The first-order valence-corrected chi connectivity index (χ1v) is 6.30. The summed E-state index contributed by atoms with van der Waals surface area (Å²) in [5.41, 5.74) is -0.0985. The number of hydrogen-bond acceptors (Lipinski definition) is 3. The molecule has 1 aliphatic rings. The summed E-state index contributed by atoms with van der Waals surface area (Å²) in [6.07, 6.45) is 2.72. The van der Waals surface area contributed by atoms with Crippen molar-refractivity contribution in [1.29, 1.82) is 0 Å². The van der Waals surface area contributed by atoms with Gasteiger partial charge in [-0.1, -0.05) is 18.6 Å². The van der Waals surface area contributed by atoms with Gasteiger partial charge in [0.2, 0.25) is 0 Å². The highest BCUT2D eigenvalue weighted by molar-refractivity contribution is 5.96. The smallest absolute Gasteiger partial charge is 0.303 e. The maximum absolute atomic E-state index is 11.9. The van der Waals surface area contributed by atoms with Crippen LogP contribution in [-0.2, 0) is 4.79 Å². The first kappa shape index (κ1) is 13.4. The summed E-state index contributed by atoms with van der Waals surface area (Å²) in [5, 5.41) is 21.2. The lowest BCUT2D eigenvalue weighted by Gasteiger charge is -2.40. The molecule has 0 unspecified atom stereocenters. The molecule has 0 radical (unpaired) electrons. The van der Waals surface area contributed by atoms with Crippen LogP contribution in [0.2, 0.25) is 0 Å². The topological polar surface area (TPSA) is 86.6 Å². The summed E-state index contributed by atoms with van der Waals surface area (Å²) >= 11 is 0. The Bertz CT molecular complexity index is 494. The number of para-hydroxylation sites is 1. The third-order valence-electron chi connectivity index (χ3n) is 3.71. The molecular weight excluding hydrogens is 246 g/mol. The van der Waals surface area contributed by atoms with Gasteiger partial charge in [0.1, 0.15) is 5.75 Å². The molecule has 5 heteroatoms. The van der Waals surface area contributed by atoms with Crippen LogP contribution in [0.4, 0.5) is 0 Å². The van der Waals surface area contributed by atoms with E-state index in [1.54, 1.807) is 12.1 Å². The molecule has 0 spiro atoms. The van der Waals surface area contributed by atoms with Crippen LogP contribution in [0.15, 0.2) is 24.3 Å². The second-order valence-corrected chi connectivity index (χ2v) is 5.12. The quantitative estimate of drug-likeness (QED) is 0.755. The van der Waals surface area contributed by atoms with Crippen molar-refractivity contribution in [3.63, 3.8) is 0 Å². The van der Waals surface area contributed by atoms with Crippen molar-refractivity contribution in [1.82, 2.24) is 5.32 Å². The van der Waals surface area contributed by atoms with E-state index in [2.05, 4.69) is 5.32 Å². The molecule has 5 nitrogen and oxygen atoms in total. The number of benzene rings is 1. The van der Waals surface area contributed by atoms with Gasteiger partial charge in [-0.05, 0) is 30.4 Å². The van der Waals surface area contributed by atoms with Gasteiger partial charge in [0.15, 0.2) is 0 Å². The fourth-order valence-electron chi connectivity index (χ4n) is 2.44. The number of aromatic hydroxyl groups is 1. The van der Waals surface area contributed by atoms with Crippen molar-refractivity contribution in [3.05, 3.63) is 29.8 Å². The molecule has 0 aliphatic heterocycles. The van der Waals surface area contributed by atoms with E-state index in [4.69, 9.17) is 5.11 Å². The maximum atomic E-state index is 11.9. The highest BCUT2D eigenvalue weighted by Gasteiger charge is 2.39. The number of carbonyl (C=O) groups excluding carboxylic acids is 1. The number of phenols is 1. The molecule has 1 aliphatic carbocycles. The predicted molar refractivity (Wildman–Crippen MR) is 69.0 cm³/mol. The fourth-order valence-corrected chi connectivity index (χ4v) is 2.44. The molecule has 0 heterocycles. The second kappa shape index (κ2) is 5.30. The minimum atomic E-state index is -0.837. The number of carboxylic acid groups (broad SMARTS) is 1. The first-order chi connectivity index (χ1) is 9.02. The SMILES string of the molecule is O=C(O)CC1(CNC(=O)c2ccccc2O)CCC1. The number of carbonyl (C=O) groups is 2. The Morgan fingerprint density at radius 2 is 1.95 bits per heavy atom. The van der Waals surface area contributed by atoms with Crippen LogP contribution in [0.25, 0.3) is 0 Å². The Balaban J connectivity index is 1.97. The monoisotopic (exact) mass is 263 g/mol. The van der Waals surface area contributed by atoms with E-state index in [0.717, 1.165) is 19.3 Å². The van der Waals surface area contributed by atoms with Gasteiger partial charge in [-0.15, -0.1) is 0 Å². The lowest BCUT2D eigenvalue weighted by molar-refractivity contribution is -0.141. The third kappa shape index (κ3) is 3.05. The maximum Gasteiger partial charge on any atom is 0.303 e. The molecule has 19 heavy (non-hydrogen) atoms. The zero-order chi connectivity index (χ0) is 13.9. The molecule has 0 aromatic heterocycles. The highest BCUT2D eigenvalue weighted by Crippen LogP contribution is 2.43. The van der Waals surface area contributed by atoms with Crippen LogP contribution >= 0.6 is 0 Å². The predicted octanol–water partition coefficient (Wildman–Crippen LogP) is 1.77. The Hall–Kier alpha value is -2.04. The van der Waals surface area contributed by atoms with Crippen molar-refractivity contribution in [3.8, 4) is 5.75 Å². The van der Waals surface area contributed by atoms with Crippen LogP contribution in [0.3, 0.4) is 0 Å². The molecule has 3 N–H and O–H groups in total. The normalized spacial score (nSPS) is 16.4. The van der Waals surface area contributed by atoms with E-state index in [1.165, 1.54) is 12.1 Å². The standard InChI is InChI=1S/C14H17NO4/c16-11-5-2-1-4-10(11)13(19)15-9-14(6-3-7-14)8-12(17)18/h1-2,4-5,16H,3,6-9H2,(H,15,19)(H,17,18). The molecule has 0 bridgehead atoms. The second-order valence-electron chi connectivity index (χ2n) is 5.12. The molecule has 1 amide bonds. The third-order valence-corrected chi connectivity index (χ3v) is 3.71. The van der Waals surface area contributed by atoms with Crippen molar-refractivity contribution < 1.29 is 19.8 Å². The summed E-state index contributed by atoms with van der Waals surface area (Å²) in [4.78, 5) is 22.7.